The van der Waals surface area contributed by atoms with Crippen LogP contribution in [0.2, 0.25) is 0 Å². The normalized spacial score (nSPS) is 48.8. The minimum atomic E-state index is -2.35. The van der Waals surface area contributed by atoms with Gasteiger partial charge in [-0.05, 0) is 39.0 Å². The molecule has 1 heterocycles. The Morgan fingerprint density at radius 3 is 2.36 bits per heavy atom. The van der Waals surface area contributed by atoms with Gasteiger partial charge < -0.3 is 35.0 Å². The number of rotatable bonds is 4. The average molecular weight is 471 g/mol. The van der Waals surface area contributed by atoms with E-state index in [1.165, 1.54) is 13.0 Å². The number of esters is 1. The number of aliphatic hydroxyl groups excluding tert-OH is 3. The Hall–Kier alpha value is -1.36. The molecule has 1 unspecified atom stereocenters. The van der Waals surface area contributed by atoms with Crippen molar-refractivity contribution in [3.63, 3.8) is 0 Å². The molecule has 3 fully saturated rings. The number of carbonyl (C=O) groups is 2. The van der Waals surface area contributed by atoms with Crippen molar-refractivity contribution in [2.75, 3.05) is 6.61 Å². The molecule has 0 radical (unpaired) electrons. The van der Waals surface area contributed by atoms with Gasteiger partial charge in [-0.25, -0.2) is 4.79 Å². The second kappa shape index (κ2) is 7.57. The summed E-state index contributed by atoms with van der Waals surface area (Å²) in [7, 11) is 0. The molecule has 0 aromatic carbocycles. The molecule has 33 heavy (non-hydrogen) atoms. The van der Waals surface area contributed by atoms with Crippen molar-refractivity contribution in [1.82, 2.24) is 0 Å². The smallest absolute Gasteiger partial charge is 0.340 e. The summed E-state index contributed by atoms with van der Waals surface area (Å²) in [6.07, 6.45) is -2.26. The highest BCUT2D eigenvalue weighted by Gasteiger charge is 2.81. The summed E-state index contributed by atoms with van der Waals surface area (Å²) >= 11 is 0. The zero-order valence-electron chi connectivity index (χ0n) is 20.3. The van der Waals surface area contributed by atoms with Crippen LogP contribution >= 0.6 is 0 Å². The third-order valence-electron chi connectivity index (χ3n) is 8.71. The number of fused-ring (bicyclic) bond motifs is 3. The molecule has 1 saturated heterocycles. The highest BCUT2D eigenvalue weighted by atomic mass is 16.6. The molecular weight excluding hydrogens is 432 g/mol. The number of hydrogen-bond acceptors (Lipinski definition) is 9. The van der Waals surface area contributed by atoms with Gasteiger partial charge in [-0.1, -0.05) is 26.8 Å². The van der Waals surface area contributed by atoms with Gasteiger partial charge in [-0.3, -0.25) is 4.79 Å². The molecule has 2 aliphatic carbocycles. The predicted octanol–water partition coefficient (Wildman–Crippen LogP) is 0.243. The lowest BCUT2D eigenvalue weighted by Crippen LogP contribution is -2.86. The SMILES string of the molecule is C=C[C@@]1(C)CC(=O)[C@]2(O)[C@@]3(C)[C@@H](O)CCC(C)(C)[C@@H]3[C@H](O)[C@H](OC(=O)C(C)(O)CO)[C@@]2(C)O1. The van der Waals surface area contributed by atoms with Gasteiger partial charge in [-0.2, -0.15) is 0 Å². The zero-order valence-corrected chi connectivity index (χ0v) is 20.3. The maximum atomic E-state index is 13.7. The zero-order chi connectivity index (χ0) is 25.4. The molecule has 0 spiro atoms. The van der Waals surface area contributed by atoms with Gasteiger partial charge >= 0.3 is 5.97 Å². The number of ether oxygens (including phenoxy) is 2. The third kappa shape index (κ3) is 3.27. The second-order valence-electron chi connectivity index (χ2n) is 11.6. The molecule has 0 aromatic rings. The third-order valence-corrected chi connectivity index (χ3v) is 8.71. The Bertz CT molecular complexity index is 853. The minimum absolute atomic E-state index is 0.233. The molecule has 0 bridgehead atoms. The van der Waals surface area contributed by atoms with E-state index < -0.39 is 75.8 Å². The molecule has 5 N–H and O–H groups in total. The summed E-state index contributed by atoms with van der Waals surface area (Å²) in [5.41, 5.74) is -10.1. The fourth-order valence-corrected chi connectivity index (χ4v) is 6.79. The molecule has 1 aliphatic heterocycles. The van der Waals surface area contributed by atoms with E-state index >= 15 is 0 Å². The molecule has 3 aliphatic rings. The van der Waals surface area contributed by atoms with Gasteiger partial charge in [0.15, 0.2) is 23.1 Å². The van der Waals surface area contributed by atoms with Crippen LogP contribution < -0.4 is 0 Å². The number of ketones is 1. The van der Waals surface area contributed by atoms with Crippen molar-refractivity contribution in [3.8, 4) is 0 Å². The average Bonchev–Trinajstić information content (AvgIpc) is 2.71. The van der Waals surface area contributed by atoms with E-state index in [2.05, 4.69) is 6.58 Å². The number of Topliss-reactive ketones (excluding diaryl/α,β-unsaturated/α-hetero) is 1. The van der Waals surface area contributed by atoms with Gasteiger partial charge in [0.2, 0.25) is 0 Å². The number of aliphatic hydroxyl groups is 5. The Morgan fingerprint density at radius 1 is 1.27 bits per heavy atom. The first kappa shape index (κ1) is 26.2. The van der Waals surface area contributed by atoms with Gasteiger partial charge in [-0.15, -0.1) is 6.58 Å². The standard InChI is InChI=1S/C24H38O9/c1-8-20(4)11-14(27)24(31)22(6)13(26)9-10-19(2,3)16(22)15(28)17(23(24,7)33-20)32-18(29)21(5,30)12-25/h8,13,15-17,25-26,28,30-31H,1,9-12H2,2-7H3/t13-,15-,16-,17-,20-,21?,22-,23+,24-/m0/s1. The summed E-state index contributed by atoms with van der Waals surface area (Å²) in [6, 6.07) is 0. The maximum Gasteiger partial charge on any atom is 0.340 e. The molecule has 2 saturated carbocycles. The van der Waals surface area contributed by atoms with Crippen molar-refractivity contribution in [2.45, 2.75) is 102 Å². The minimum Gasteiger partial charge on any atom is -0.454 e. The van der Waals surface area contributed by atoms with Crippen LogP contribution in [-0.4, -0.2) is 84.6 Å². The Balaban J connectivity index is 2.29. The molecule has 188 valence electrons. The van der Waals surface area contributed by atoms with E-state index in [1.807, 2.05) is 13.8 Å². The summed E-state index contributed by atoms with van der Waals surface area (Å²) < 4.78 is 11.8. The summed E-state index contributed by atoms with van der Waals surface area (Å²) in [5.74, 6) is -2.73. The van der Waals surface area contributed by atoms with Crippen LogP contribution in [0.25, 0.3) is 0 Å². The Kier molecular flexibility index (Phi) is 6.02. The fourth-order valence-electron chi connectivity index (χ4n) is 6.79. The van der Waals surface area contributed by atoms with Crippen molar-refractivity contribution in [3.05, 3.63) is 12.7 Å². The van der Waals surface area contributed by atoms with Gasteiger partial charge in [0.1, 0.15) is 5.60 Å². The lowest BCUT2D eigenvalue weighted by Gasteiger charge is -2.71. The maximum absolute atomic E-state index is 13.7. The molecule has 0 amide bonds. The van der Waals surface area contributed by atoms with Crippen molar-refractivity contribution in [1.29, 1.82) is 0 Å². The molecule has 9 nitrogen and oxygen atoms in total. The van der Waals surface area contributed by atoms with Crippen LogP contribution in [0.4, 0.5) is 0 Å². The lowest BCUT2D eigenvalue weighted by atomic mass is 9.40. The van der Waals surface area contributed by atoms with Crippen LogP contribution in [0.5, 0.6) is 0 Å². The number of carbonyl (C=O) groups excluding carboxylic acids is 2. The molecular formula is C24H38O9. The van der Waals surface area contributed by atoms with E-state index in [1.54, 1.807) is 13.8 Å². The first-order chi connectivity index (χ1) is 14.9. The predicted molar refractivity (Wildman–Crippen MR) is 117 cm³/mol. The highest BCUT2D eigenvalue weighted by Crippen LogP contribution is 2.67. The monoisotopic (exact) mass is 470 g/mol. The van der Waals surface area contributed by atoms with Gasteiger partial charge in [0.25, 0.3) is 0 Å². The van der Waals surface area contributed by atoms with Crippen LogP contribution in [0, 0.1) is 16.7 Å². The molecule has 9 atom stereocenters. The first-order valence-electron chi connectivity index (χ1n) is 11.4. The van der Waals surface area contributed by atoms with Crippen molar-refractivity contribution in [2.24, 2.45) is 16.7 Å². The van der Waals surface area contributed by atoms with Crippen molar-refractivity contribution < 1.29 is 44.6 Å². The number of hydrogen-bond donors (Lipinski definition) is 5. The van der Waals surface area contributed by atoms with E-state index in [-0.39, 0.29) is 6.42 Å². The van der Waals surface area contributed by atoms with Crippen LogP contribution in [0.3, 0.4) is 0 Å². The summed E-state index contributed by atoms with van der Waals surface area (Å²) in [6.45, 7) is 12.1. The molecule has 3 rings (SSSR count). The summed E-state index contributed by atoms with van der Waals surface area (Å²) in [4.78, 5) is 26.5. The molecule has 0 aromatic heterocycles. The summed E-state index contributed by atoms with van der Waals surface area (Å²) in [5, 5.41) is 54.8. The quantitative estimate of drug-likeness (QED) is 0.287. The topological polar surface area (TPSA) is 154 Å². The Morgan fingerprint density at radius 2 is 1.85 bits per heavy atom. The fraction of sp³-hybridized carbons (Fsp3) is 0.833. The van der Waals surface area contributed by atoms with Crippen LogP contribution in [0.1, 0.15) is 60.8 Å². The van der Waals surface area contributed by atoms with E-state index in [9.17, 15) is 35.1 Å². The van der Waals surface area contributed by atoms with E-state index in [0.29, 0.717) is 12.8 Å². The first-order valence-corrected chi connectivity index (χ1v) is 11.4. The second-order valence-corrected chi connectivity index (χ2v) is 11.6. The van der Waals surface area contributed by atoms with E-state index in [4.69, 9.17) is 9.47 Å². The molecule has 9 heteroatoms. The Labute approximate surface area is 194 Å². The van der Waals surface area contributed by atoms with E-state index in [0.717, 1.165) is 6.92 Å². The van der Waals surface area contributed by atoms with Crippen LogP contribution in [-0.2, 0) is 19.1 Å². The largest absolute Gasteiger partial charge is 0.454 e. The van der Waals surface area contributed by atoms with Gasteiger partial charge in [0.05, 0.1) is 24.4 Å². The van der Waals surface area contributed by atoms with Crippen molar-refractivity contribution >= 4 is 11.8 Å². The van der Waals surface area contributed by atoms with Crippen LogP contribution in [0.15, 0.2) is 12.7 Å². The van der Waals surface area contributed by atoms with Gasteiger partial charge in [0, 0.05) is 17.8 Å². The lowest BCUT2D eigenvalue weighted by molar-refractivity contribution is -0.371. The highest BCUT2D eigenvalue weighted by molar-refractivity contribution is 5.92.